The van der Waals surface area contributed by atoms with Gasteiger partial charge in [0.15, 0.2) is 0 Å². The maximum absolute atomic E-state index is 11.1. The number of carboxylic acids is 1. The molecule has 2 amide bonds. The molecule has 0 radical (unpaired) electrons. The van der Waals surface area contributed by atoms with Gasteiger partial charge in [-0.15, -0.1) is 0 Å². The van der Waals surface area contributed by atoms with Crippen molar-refractivity contribution in [3.63, 3.8) is 0 Å². The van der Waals surface area contributed by atoms with Crippen molar-refractivity contribution < 1.29 is 24.2 Å². The summed E-state index contributed by atoms with van der Waals surface area (Å²) in [6.45, 7) is 5.47. The standard InChI is InChI=1S/C11H18N2O5/c1-8(2)10(16)18-7-6-13-11(17)12-5-3-4-9(14)15/h1,3-7H2,2H3,(H,14,15)(H2,12,13,17). The van der Waals surface area contributed by atoms with Gasteiger partial charge < -0.3 is 20.5 Å². The molecule has 0 rings (SSSR count). The van der Waals surface area contributed by atoms with Crippen LogP contribution in [0.4, 0.5) is 4.79 Å². The molecule has 0 aliphatic carbocycles. The molecule has 0 aromatic rings. The van der Waals surface area contributed by atoms with E-state index in [1.807, 2.05) is 0 Å². The predicted molar refractivity (Wildman–Crippen MR) is 64.0 cm³/mol. The van der Waals surface area contributed by atoms with E-state index in [4.69, 9.17) is 9.84 Å². The molecule has 0 saturated carbocycles. The summed E-state index contributed by atoms with van der Waals surface area (Å²) in [5.74, 6) is -1.40. The van der Waals surface area contributed by atoms with Crippen LogP contribution in [0.1, 0.15) is 19.8 Å². The van der Waals surface area contributed by atoms with Crippen molar-refractivity contribution in [2.75, 3.05) is 19.7 Å². The molecule has 0 fully saturated rings. The van der Waals surface area contributed by atoms with Crippen LogP contribution in [-0.4, -0.2) is 42.8 Å². The van der Waals surface area contributed by atoms with Crippen molar-refractivity contribution in [2.45, 2.75) is 19.8 Å². The number of hydrogen-bond acceptors (Lipinski definition) is 4. The Morgan fingerprint density at radius 1 is 1.22 bits per heavy atom. The van der Waals surface area contributed by atoms with Crippen molar-refractivity contribution in [3.05, 3.63) is 12.2 Å². The Morgan fingerprint density at radius 2 is 1.83 bits per heavy atom. The lowest BCUT2D eigenvalue weighted by Gasteiger charge is -2.07. The smallest absolute Gasteiger partial charge is 0.333 e. The maximum atomic E-state index is 11.1. The van der Waals surface area contributed by atoms with Gasteiger partial charge >= 0.3 is 18.0 Å². The number of carbonyl (C=O) groups is 3. The first kappa shape index (κ1) is 16.0. The van der Waals surface area contributed by atoms with Crippen molar-refractivity contribution in [1.29, 1.82) is 0 Å². The van der Waals surface area contributed by atoms with Crippen LogP contribution >= 0.6 is 0 Å². The van der Waals surface area contributed by atoms with Crippen molar-refractivity contribution in [2.24, 2.45) is 0 Å². The molecular formula is C11H18N2O5. The molecule has 0 heterocycles. The maximum Gasteiger partial charge on any atom is 0.333 e. The van der Waals surface area contributed by atoms with Gasteiger partial charge in [-0.2, -0.15) is 0 Å². The average Bonchev–Trinajstić information content (AvgIpc) is 2.29. The van der Waals surface area contributed by atoms with Crippen molar-refractivity contribution in [3.8, 4) is 0 Å². The number of carboxylic acid groups (broad SMARTS) is 1. The van der Waals surface area contributed by atoms with Gasteiger partial charge in [0.2, 0.25) is 0 Å². The van der Waals surface area contributed by atoms with Gasteiger partial charge in [0.25, 0.3) is 0 Å². The van der Waals surface area contributed by atoms with Crippen molar-refractivity contribution >= 4 is 18.0 Å². The van der Waals surface area contributed by atoms with E-state index in [0.29, 0.717) is 12.0 Å². The van der Waals surface area contributed by atoms with Gasteiger partial charge in [-0.3, -0.25) is 4.79 Å². The lowest BCUT2D eigenvalue weighted by atomic mass is 10.3. The zero-order valence-corrected chi connectivity index (χ0v) is 10.3. The number of hydrogen-bond donors (Lipinski definition) is 3. The molecule has 0 aromatic heterocycles. The predicted octanol–water partition coefficient (Wildman–Crippen LogP) is 0.270. The number of carbonyl (C=O) groups excluding carboxylic acids is 2. The fourth-order valence-corrected chi connectivity index (χ4v) is 0.936. The van der Waals surface area contributed by atoms with Gasteiger partial charge in [0.05, 0.1) is 6.54 Å². The third-order valence-electron chi connectivity index (χ3n) is 1.82. The molecule has 3 N–H and O–H groups in total. The lowest BCUT2D eigenvalue weighted by Crippen LogP contribution is -2.38. The molecule has 0 aromatic carbocycles. The Labute approximate surface area is 105 Å². The molecule has 0 bridgehead atoms. The zero-order chi connectivity index (χ0) is 14.0. The molecule has 18 heavy (non-hydrogen) atoms. The number of ether oxygens (including phenoxy) is 1. The van der Waals surface area contributed by atoms with Crippen LogP contribution in [0.15, 0.2) is 12.2 Å². The van der Waals surface area contributed by atoms with E-state index in [2.05, 4.69) is 17.2 Å². The molecule has 0 saturated heterocycles. The van der Waals surface area contributed by atoms with E-state index >= 15 is 0 Å². The fourth-order valence-electron chi connectivity index (χ4n) is 0.936. The normalized spacial score (nSPS) is 9.39. The summed E-state index contributed by atoms with van der Waals surface area (Å²) in [5, 5.41) is 13.3. The first-order chi connectivity index (χ1) is 8.43. The molecule has 0 unspecified atom stereocenters. The van der Waals surface area contributed by atoms with Crippen LogP contribution in [0.25, 0.3) is 0 Å². The molecule has 7 nitrogen and oxygen atoms in total. The number of amides is 2. The van der Waals surface area contributed by atoms with Crippen LogP contribution < -0.4 is 10.6 Å². The summed E-state index contributed by atoms with van der Waals surface area (Å²) < 4.78 is 4.75. The number of nitrogens with one attached hydrogen (secondary N) is 2. The van der Waals surface area contributed by atoms with Crippen LogP contribution in [-0.2, 0) is 14.3 Å². The topological polar surface area (TPSA) is 105 Å². The quantitative estimate of drug-likeness (QED) is 0.329. The number of aliphatic carboxylic acids is 1. The molecule has 0 aliphatic heterocycles. The third kappa shape index (κ3) is 9.20. The number of urea groups is 1. The fraction of sp³-hybridized carbons (Fsp3) is 0.545. The van der Waals surface area contributed by atoms with Gasteiger partial charge in [0, 0.05) is 18.5 Å². The molecule has 102 valence electrons. The SMILES string of the molecule is C=C(C)C(=O)OCCNC(=O)NCCCC(=O)O. The second-order valence-electron chi connectivity index (χ2n) is 3.60. The highest BCUT2D eigenvalue weighted by atomic mass is 16.5. The Kier molecular flexibility index (Phi) is 8.00. The summed E-state index contributed by atoms with van der Waals surface area (Å²) in [6.07, 6.45) is 0.379. The Balaban J connectivity index is 3.45. The third-order valence-corrected chi connectivity index (χ3v) is 1.82. The van der Waals surface area contributed by atoms with Gasteiger partial charge in [-0.25, -0.2) is 9.59 Å². The van der Waals surface area contributed by atoms with Gasteiger partial charge in [0.1, 0.15) is 6.61 Å². The van der Waals surface area contributed by atoms with E-state index in [1.54, 1.807) is 0 Å². The highest BCUT2D eigenvalue weighted by molar-refractivity contribution is 5.86. The Hall–Kier alpha value is -2.05. The highest BCUT2D eigenvalue weighted by Gasteiger charge is 2.03. The number of rotatable bonds is 8. The number of esters is 1. The largest absolute Gasteiger partial charge is 0.481 e. The molecular weight excluding hydrogens is 240 g/mol. The van der Waals surface area contributed by atoms with Crippen LogP contribution in [0.5, 0.6) is 0 Å². The van der Waals surface area contributed by atoms with Crippen LogP contribution in [0.2, 0.25) is 0 Å². The molecule has 0 spiro atoms. The summed E-state index contributed by atoms with van der Waals surface area (Å²) in [4.78, 5) is 32.3. The lowest BCUT2D eigenvalue weighted by molar-refractivity contribution is -0.139. The highest BCUT2D eigenvalue weighted by Crippen LogP contribution is 1.90. The monoisotopic (exact) mass is 258 g/mol. The second kappa shape index (κ2) is 9.03. The van der Waals surface area contributed by atoms with Gasteiger partial charge in [-0.1, -0.05) is 6.58 Å². The first-order valence-electron chi connectivity index (χ1n) is 5.49. The zero-order valence-electron chi connectivity index (χ0n) is 10.3. The van der Waals surface area contributed by atoms with Crippen LogP contribution in [0.3, 0.4) is 0 Å². The van der Waals surface area contributed by atoms with E-state index < -0.39 is 18.0 Å². The second-order valence-corrected chi connectivity index (χ2v) is 3.60. The summed E-state index contributed by atoms with van der Waals surface area (Å²) >= 11 is 0. The summed E-state index contributed by atoms with van der Waals surface area (Å²) in [7, 11) is 0. The molecule has 0 atom stereocenters. The van der Waals surface area contributed by atoms with E-state index in [9.17, 15) is 14.4 Å². The first-order valence-corrected chi connectivity index (χ1v) is 5.49. The Bertz CT molecular complexity index is 327. The minimum absolute atomic E-state index is 0.0104. The van der Waals surface area contributed by atoms with E-state index in [-0.39, 0.29) is 26.1 Å². The van der Waals surface area contributed by atoms with E-state index in [1.165, 1.54) is 6.92 Å². The summed E-state index contributed by atoms with van der Waals surface area (Å²) in [5.41, 5.74) is 0.299. The van der Waals surface area contributed by atoms with Gasteiger partial charge in [-0.05, 0) is 13.3 Å². The minimum Gasteiger partial charge on any atom is -0.481 e. The Morgan fingerprint density at radius 3 is 2.39 bits per heavy atom. The van der Waals surface area contributed by atoms with Crippen LogP contribution in [0, 0.1) is 0 Å². The van der Waals surface area contributed by atoms with Crippen molar-refractivity contribution in [1.82, 2.24) is 10.6 Å². The minimum atomic E-state index is -0.899. The molecule has 0 aliphatic rings. The molecule has 7 heteroatoms. The van der Waals surface area contributed by atoms with E-state index in [0.717, 1.165) is 0 Å². The summed E-state index contributed by atoms with van der Waals surface area (Å²) in [6, 6.07) is -0.424. The average molecular weight is 258 g/mol.